The van der Waals surface area contributed by atoms with Crippen molar-refractivity contribution >= 4 is 17.6 Å². The van der Waals surface area contributed by atoms with Gasteiger partial charge in [-0.15, -0.1) is 0 Å². The number of nitriles is 1. The number of carboxylic acid groups (broad SMARTS) is 2. The third-order valence-electron chi connectivity index (χ3n) is 3.69. The minimum Gasteiger partial charge on any atom is -0.481 e. The fourth-order valence-electron chi connectivity index (χ4n) is 2.47. The molecule has 2 rings (SSSR count). The summed E-state index contributed by atoms with van der Waals surface area (Å²) >= 11 is 0. The van der Waals surface area contributed by atoms with Gasteiger partial charge in [0.25, 0.3) is 0 Å². The molecule has 2 N–H and O–H groups in total. The number of aliphatic carboxylic acids is 2. The third-order valence-corrected chi connectivity index (χ3v) is 3.69. The molecule has 0 radical (unpaired) electrons. The fourth-order valence-corrected chi connectivity index (χ4v) is 2.47. The van der Waals surface area contributed by atoms with Crippen molar-refractivity contribution in [1.82, 2.24) is 0 Å². The third kappa shape index (κ3) is 6.71. The Kier molecular flexibility index (Phi) is 7.23. The van der Waals surface area contributed by atoms with Gasteiger partial charge in [-0.1, -0.05) is 12.1 Å². The van der Waals surface area contributed by atoms with Crippen molar-refractivity contribution in [2.75, 3.05) is 18.0 Å². The number of benzene rings is 1. The first-order valence-electron chi connectivity index (χ1n) is 7.41. The number of halogens is 3. The molecule has 0 spiro atoms. The summed E-state index contributed by atoms with van der Waals surface area (Å²) in [4.78, 5) is 21.7. The van der Waals surface area contributed by atoms with E-state index in [2.05, 4.69) is 11.0 Å². The van der Waals surface area contributed by atoms with Crippen molar-refractivity contribution in [3.63, 3.8) is 0 Å². The van der Waals surface area contributed by atoms with Crippen molar-refractivity contribution in [3.8, 4) is 6.07 Å². The minimum atomic E-state index is -5.08. The molecule has 0 aliphatic carbocycles. The van der Waals surface area contributed by atoms with Crippen LogP contribution in [-0.4, -0.2) is 41.4 Å². The van der Waals surface area contributed by atoms with Gasteiger partial charge in [-0.2, -0.15) is 18.4 Å². The molecule has 25 heavy (non-hydrogen) atoms. The summed E-state index contributed by atoms with van der Waals surface area (Å²) in [5.41, 5.74) is 1.66. The zero-order chi connectivity index (χ0) is 19.0. The van der Waals surface area contributed by atoms with Crippen LogP contribution in [0, 0.1) is 17.2 Å². The molecule has 1 aliphatic heterocycles. The summed E-state index contributed by atoms with van der Waals surface area (Å²) in [5, 5.41) is 25.0. The smallest absolute Gasteiger partial charge is 0.481 e. The standard InChI is InChI=1S/C14H16N2O2.C2HF3O2/c15-10-12-3-1-2-4-13(12)16-7-5-11(6-8-16)9-14(17)18;3-2(4,5)1(6)7/h1-4,11H,5-9H2,(H,17,18);(H,6,7). The lowest BCUT2D eigenvalue weighted by Crippen LogP contribution is -2.34. The van der Waals surface area contributed by atoms with Gasteiger partial charge in [0.1, 0.15) is 6.07 Å². The van der Waals surface area contributed by atoms with Gasteiger partial charge in [-0.25, -0.2) is 4.79 Å². The Morgan fingerprint density at radius 1 is 1.20 bits per heavy atom. The van der Waals surface area contributed by atoms with Gasteiger partial charge in [-0.3, -0.25) is 4.79 Å². The molecule has 0 unspecified atom stereocenters. The average molecular weight is 358 g/mol. The SMILES string of the molecule is N#Cc1ccccc1N1CCC(CC(=O)O)CC1.O=C(O)C(F)(F)F. The summed E-state index contributed by atoms with van der Waals surface area (Å²) in [6.07, 6.45) is -3.06. The average Bonchev–Trinajstić information content (AvgIpc) is 2.54. The van der Waals surface area contributed by atoms with Crippen LogP contribution < -0.4 is 4.90 Å². The van der Waals surface area contributed by atoms with Gasteiger partial charge in [0.2, 0.25) is 0 Å². The van der Waals surface area contributed by atoms with E-state index in [0.29, 0.717) is 5.56 Å². The van der Waals surface area contributed by atoms with Crippen LogP contribution in [0.3, 0.4) is 0 Å². The lowest BCUT2D eigenvalue weighted by molar-refractivity contribution is -0.192. The highest BCUT2D eigenvalue weighted by Gasteiger charge is 2.38. The van der Waals surface area contributed by atoms with Crippen LogP contribution in [0.2, 0.25) is 0 Å². The second-order valence-corrected chi connectivity index (χ2v) is 5.46. The van der Waals surface area contributed by atoms with E-state index in [1.165, 1.54) is 0 Å². The van der Waals surface area contributed by atoms with Crippen molar-refractivity contribution < 1.29 is 33.0 Å². The predicted molar refractivity (Wildman–Crippen MR) is 82.0 cm³/mol. The summed E-state index contributed by atoms with van der Waals surface area (Å²) in [5.74, 6) is -3.20. The van der Waals surface area contributed by atoms with Crippen LogP contribution in [0.25, 0.3) is 0 Å². The number of nitrogens with zero attached hydrogens (tertiary/aromatic N) is 2. The Morgan fingerprint density at radius 3 is 2.16 bits per heavy atom. The van der Waals surface area contributed by atoms with Crippen LogP contribution >= 0.6 is 0 Å². The largest absolute Gasteiger partial charge is 0.490 e. The number of hydrogen-bond acceptors (Lipinski definition) is 4. The molecule has 1 saturated heterocycles. The van der Waals surface area contributed by atoms with Crippen LogP contribution in [-0.2, 0) is 9.59 Å². The minimum absolute atomic E-state index is 0.258. The van der Waals surface area contributed by atoms with Crippen LogP contribution in [0.5, 0.6) is 0 Å². The number of alkyl halides is 3. The highest BCUT2D eigenvalue weighted by atomic mass is 19.4. The molecule has 0 bridgehead atoms. The van der Waals surface area contributed by atoms with Gasteiger partial charge in [-0.05, 0) is 30.9 Å². The number of anilines is 1. The Balaban J connectivity index is 0.000000381. The van der Waals surface area contributed by atoms with Gasteiger partial charge < -0.3 is 15.1 Å². The number of hydrogen-bond donors (Lipinski definition) is 2. The maximum Gasteiger partial charge on any atom is 0.490 e. The first kappa shape index (κ1) is 20.3. The molecular formula is C16H17F3N2O4. The molecule has 1 fully saturated rings. The molecule has 1 heterocycles. The zero-order valence-corrected chi connectivity index (χ0v) is 13.2. The molecule has 1 aromatic rings. The first-order valence-corrected chi connectivity index (χ1v) is 7.41. The number of piperidine rings is 1. The van der Waals surface area contributed by atoms with E-state index in [9.17, 15) is 18.0 Å². The quantitative estimate of drug-likeness (QED) is 0.861. The molecule has 6 nitrogen and oxygen atoms in total. The monoisotopic (exact) mass is 358 g/mol. The highest BCUT2D eigenvalue weighted by molar-refractivity contribution is 5.73. The predicted octanol–water partition coefficient (Wildman–Crippen LogP) is 2.88. The van der Waals surface area contributed by atoms with Crippen LogP contribution in [0.1, 0.15) is 24.8 Å². The van der Waals surface area contributed by atoms with Crippen molar-refractivity contribution in [1.29, 1.82) is 5.26 Å². The van der Waals surface area contributed by atoms with E-state index < -0.39 is 18.1 Å². The number of para-hydroxylation sites is 1. The van der Waals surface area contributed by atoms with Crippen molar-refractivity contribution in [2.45, 2.75) is 25.4 Å². The Morgan fingerprint density at radius 2 is 1.72 bits per heavy atom. The van der Waals surface area contributed by atoms with E-state index in [4.69, 9.17) is 20.3 Å². The lowest BCUT2D eigenvalue weighted by Gasteiger charge is -2.33. The van der Waals surface area contributed by atoms with Gasteiger partial charge in [0, 0.05) is 19.5 Å². The van der Waals surface area contributed by atoms with Gasteiger partial charge >= 0.3 is 18.1 Å². The fraction of sp³-hybridized carbons (Fsp3) is 0.438. The van der Waals surface area contributed by atoms with Crippen molar-refractivity contribution in [2.24, 2.45) is 5.92 Å². The molecule has 9 heteroatoms. The Hall–Kier alpha value is -2.76. The molecule has 0 amide bonds. The summed E-state index contributed by atoms with van der Waals surface area (Å²) < 4.78 is 31.7. The van der Waals surface area contributed by atoms with E-state index in [-0.39, 0.29) is 12.3 Å². The maximum absolute atomic E-state index is 10.7. The normalized spacial score (nSPS) is 14.9. The van der Waals surface area contributed by atoms with E-state index >= 15 is 0 Å². The summed E-state index contributed by atoms with van der Waals surface area (Å²) in [7, 11) is 0. The molecule has 0 saturated carbocycles. The Bertz CT molecular complexity index is 648. The molecule has 0 atom stereocenters. The summed E-state index contributed by atoms with van der Waals surface area (Å²) in [6, 6.07) is 9.76. The second kappa shape index (κ2) is 8.92. The van der Waals surface area contributed by atoms with Crippen LogP contribution in [0.15, 0.2) is 24.3 Å². The number of carbonyl (C=O) groups is 2. The van der Waals surface area contributed by atoms with Crippen molar-refractivity contribution in [3.05, 3.63) is 29.8 Å². The van der Waals surface area contributed by atoms with E-state index in [0.717, 1.165) is 31.6 Å². The van der Waals surface area contributed by atoms with Gasteiger partial charge in [0.15, 0.2) is 0 Å². The molecular weight excluding hydrogens is 341 g/mol. The van der Waals surface area contributed by atoms with Gasteiger partial charge in [0.05, 0.1) is 11.3 Å². The topological polar surface area (TPSA) is 102 Å². The molecule has 1 aromatic carbocycles. The lowest BCUT2D eigenvalue weighted by atomic mass is 9.93. The van der Waals surface area contributed by atoms with E-state index in [1.807, 2.05) is 24.3 Å². The highest BCUT2D eigenvalue weighted by Crippen LogP contribution is 2.27. The maximum atomic E-state index is 10.7. The summed E-state index contributed by atoms with van der Waals surface area (Å²) in [6.45, 7) is 1.66. The number of rotatable bonds is 3. The zero-order valence-electron chi connectivity index (χ0n) is 13.2. The molecule has 136 valence electrons. The van der Waals surface area contributed by atoms with E-state index in [1.54, 1.807) is 0 Å². The second-order valence-electron chi connectivity index (χ2n) is 5.46. The number of carboxylic acids is 2. The molecule has 0 aromatic heterocycles. The Labute approximate surface area is 142 Å². The molecule has 1 aliphatic rings. The first-order chi connectivity index (χ1) is 11.6. The van der Waals surface area contributed by atoms with Crippen LogP contribution in [0.4, 0.5) is 18.9 Å².